The largest absolute Gasteiger partial charge is 0.467 e. The highest BCUT2D eigenvalue weighted by atomic mass is 16.7. The van der Waals surface area contributed by atoms with E-state index in [1.165, 1.54) is 6.08 Å². The fourth-order valence-corrected chi connectivity index (χ4v) is 1.02. The number of rotatable bonds is 5. The van der Waals surface area contributed by atoms with E-state index in [4.69, 9.17) is 9.47 Å². The number of para-hydroxylation sites is 1. The third kappa shape index (κ3) is 3.03. The summed E-state index contributed by atoms with van der Waals surface area (Å²) in [7, 11) is 1.56. The van der Waals surface area contributed by atoms with Crippen molar-refractivity contribution in [1.82, 2.24) is 0 Å². The first-order valence-electron chi connectivity index (χ1n) is 4.21. The van der Waals surface area contributed by atoms with Gasteiger partial charge in [0.1, 0.15) is 12.0 Å². The predicted octanol–water partition coefficient (Wildman–Crippen LogP) is 1.88. The van der Waals surface area contributed by atoms with Crippen molar-refractivity contribution in [3.8, 4) is 5.75 Å². The van der Waals surface area contributed by atoms with Crippen molar-refractivity contribution in [3.63, 3.8) is 0 Å². The number of allylic oxidation sites excluding steroid dienone is 1. The van der Waals surface area contributed by atoms with Gasteiger partial charge in [0.05, 0.1) is 0 Å². The summed E-state index contributed by atoms with van der Waals surface area (Å²) < 4.78 is 10.1. The number of carbonyl (C=O) groups is 1. The molecule has 14 heavy (non-hydrogen) atoms. The minimum Gasteiger partial charge on any atom is -0.467 e. The van der Waals surface area contributed by atoms with Gasteiger partial charge < -0.3 is 9.47 Å². The van der Waals surface area contributed by atoms with Crippen molar-refractivity contribution in [2.45, 2.75) is 0 Å². The van der Waals surface area contributed by atoms with Crippen LogP contribution >= 0.6 is 0 Å². The molecule has 0 fully saturated rings. The molecule has 0 amide bonds. The lowest BCUT2D eigenvalue weighted by atomic mass is 10.2. The zero-order valence-electron chi connectivity index (χ0n) is 7.97. The van der Waals surface area contributed by atoms with Gasteiger partial charge in [-0.05, 0) is 18.2 Å². The monoisotopic (exact) mass is 192 g/mol. The van der Waals surface area contributed by atoms with Gasteiger partial charge in [0.25, 0.3) is 0 Å². The van der Waals surface area contributed by atoms with Crippen LogP contribution in [0, 0.1) is 0 Å². The van der Waals surface area contributed by atoms with Crippen LogP contribution in [0.5, 0.6) is 5.75 Å². The molecule has 0 N–H and O–H groups in total. The molecule has 0 atom stereocenters. The third-order valence-electron chi connectivity index (χ3n) is 1.61. The van der Waals surface area contributed by atoms with E-state index in [0.29, 0.717) is 5.75 Å². The van der Waals surface area contributed by atoms with Gasteiger partial charge in [0, 0.05) is 12.7 Å². The van der Waals surface area contributed by atoms with Gasteiger partial charge in [-0.3, -0.25) is 4.79 Å². The number of hydrogen-bond donors (Lipinski definition) is 0. The summed E-state index contributed by atoms with van der Waals surface area (Å²) in [6.45, 7) is 0.200. The van der Waals surface area contributed by atoms with E-state index in [2.05, 4.69) is 0 Å². The van der Waals surface area contributed by atoms with Crippen LogP contribution in [0.2, 0.25) is 0 Å². The summed E-state index contributed by atoms with van der Waals surface area (Å²) in [6, 6.07) is 7.43. The van der Waals surface area contributed by atoms with Crippen molar-refractivity contribution >= 4 is 12.4 Å². The summed E-state index contributed by atoms with van der Waals surface area (Å²) in [5, 5.41) is 0. The summed E-state index contributed by atoms with van der Waals surface area (Å²) in [6.07, 6.45) is 3.85. The van der Waals surface area contributed by atoms with Gasteiger partial charge in [0.2, 0.25) is 0 Å². The highest BCUT2D eigenvalue weighted by Gasteiger charge is 1.97. The number of aldehydes is 1. The van der Waals surface area contributed by atoms with Gasteiger partial charge in [-0.15, -0.1) is 0 Å². The Morgan fingerprint density at radius 1 is 1.36 bits per heavy atom. The molecule has 0 saturated heterocycles. The normalized spacial score (nSPS) is 10.4. The molecule has 1 aromatic carbocycles. The third-order valence-corrected chi connectivity index (χ3v) is 1.61. The first kappa shape index (κ1) is 10.5. The molecule has 0 aliphatic heterocycles. The SMILES string of the molecule is COCOc1ccccc1C=CC=O. The van der Waals surface area contributed by atoms with Crippen LogP contribution in [0.15, 0.2) is 30.3 Å². The Balaban J connectivity index is 2.79. The highest BCUT2D eigenvalue weighted by Crippen LogP contribution is 2.18. The first-order valence-corrected chi connectivity index (χ1v) is 4.21. The number of methoxy groups -OCH3 is 1. The van der Waals surface area contributed by atoms with Gasteiger partial charge in [-0.2, -0.15) is 0 Å². The van der Waals surface area contributed by atoms with Crippen molar-refractivity contribution in [2.75, 3.05) is 13.9 Å². The molecule has 0 unspecified atom stereocenters. The standard InChI is InChI=1S/C11H12O3/c1-13-9-14-11-7-3-2-5-10(11)6-4-8-12/h2-8H,9H2,1H3. The van der Waals surface area contributed by atoms with Gasteiger partial charge in [-0.25, -0.2) is 0 Å². The summed E-state index contributed by atoms with van der Waals surface area (Å²) in [5.41, 5.74) is 0.858. The van der Waals surface area contributed by atoms with Crippen LogP contribution < -0.4 is 4.74 Å². The fraction of sp³-hybridized carbons (Fsp3) is 0.182. The molecule has 74 valence electrons. The highest BCUT2D eigenvalue weighted by molar-refractivity contribution is 5.75. The van der Waals surface area contributed by atoms with E-state index < -0.39 is 0 Å². The molecule has 3 heteroatoms. The zero-order chi connectivity index (χ0) is 10.2. The molecule has 1 rings (SSSR count). The Hall–Kier alpha value is -1.61. The molecule has 0 spiro atoms. The maximum Gasteiger partial charge on any atom is 0.188 e. The molecule has 3 nitrogen and oxygen atoms in total. The molecule has 0 aliphatic rings. The van der Waals surface area contributed by atoms with Crippen molar-refractivity contribution in [1.29, 1.82) is 0 Å². The van der Waals surface area contributed by atoms with Crippen molar-refractivity contribution in [3.05, 3.63) is 35.9 Å². The Bertz CT molecular complexity index is 318. The van der Waals surface area contributed by atoms with E-state index in [1.807, 2.05) is 24.3 Å². The second kappa shape index (κ2) is 5.94. The minimum atomic E-state index is 0.200. The van der Waals surface area contributed by atoms with Crippen molar-refractivity contribution in [2.24, 2.45) is 0 Å². The number of ether oxygens (including phenoxy) is 2. The van der Waals surface area contributed by atoms with Gasteiger partial charge in [0.15, 0.2) is 6.79 Å². The lowest BCUT2D eigenvalue weighted by molar-refractivity contribution is -0.104. The number of benzene rings is 1. The summed E-state index contributed by atoms with van der Waals surface area (Å²) >= 11 is 0. The Morgan fingerprint density at radius 2 is 2.14 bits per heavy atom. The second-order valence-corrected chi connectivity index (χ2v) is 2.58. The average Bonchev–Trinajstić information content (AvgIpc) is 2.24. The maximum absolute atomic E-state index is 10.2. The van der Waals surface area contributed by atoms with Gasteiger partial charge in [-0.1, -0.05) is 18.2 Å². The number of hydrogen-bond acceptors (Lipinski definition) is 3. The van der Waals surface area contributed by atoms with E-state index in [0.717, 1.165) is 11.8 Å². The van der Waals surface area contributed by atoms with E-state index in [1.54, 1.807) is 13.2 Å². The smallest absolute Gasteiger partial charge is 0.188 e. The molecule has 0 aliphatic carbocycles. The molecule has 0 radical (unpaired) electrons. The topological polar surface area (TPSA) is 35.5 Å². The second-order valence-electron chi connectivity index (χ2n) is 2.58. The molecule has 0 heterocycles. The van der Waals surface area contributed by atoms with Crippen LogP contribution in [0.1, 0.15) is 5.56 Å². The van der Waals surface area contributed by atoms with Crippen LogP contribution in [-0.2, 0) is 9.53 Å². The summed E-state index contributed by atoms with van der Waals surface area (Å²) in [4.78, 5) is 10.2. The van der Waals surface area contributed by atoms with E-state index in [-0.39, 0.29) is 6.79 Å². The maximum atomic E-state index is 10.2. The summed E-state index contributed by atoms with van der Waals surface area (Å²) in [5.74, 6) is 0.701. The van der Waals surface area contributed by atoms with Crippen LogP contribution in [0.25, 0.3) is 6.08 Å². The Morgan fingerprint density at radius 3 is 2.86 bits per heavy atom. The first-order chi connectivity index (χ1) is 6.88. The zero-order valence-corrected chi connectivity index (χ0v) is 7.97. The molecular weight excluding hydrogens is 180 g/mol. The lowest BCUT2D eigenvalue weighted by Gasteiger charge is -2.06. The van der Waals surface area contributed by atoms with Gasteiger partial charge >= 0.3 is 0 Å². The van der Waals surface area contributed by atoms with Crippen LogP contribution in [0.3, 0.4) is 0 Å². The minimum absolute atomic E-state index is 0.200. The van der Waals surface area contributed by atoms with E-state index in [9.17, 15) is 4.79 Å². The molecule has 0 bridgehead atoms. The average molecular weight is 192 g/mol. The van der Waals surface area contributed by atoms with Crippen molar-refractivity contribution < 1.29 is 14.3 Å². The predicted molar refractivity (Wildman–Crippen MR) is 54.0 cm³/mol. The Labute approximate surface area is 83.0 Å². The molecule has 0 saturated carbocycles. The Kier molecular flexibility index (Phi) is 4.44. The van der Waals surface area contributed by atoms with Crippen LogP contribution in [-0.4, -0.2) is 20.2 Å². The number of carbonyl (C=O) groups excluding carboxylic acids is 1. The molecule has 0 aromatic heterocycles. The quantitative estimate of drug-likeness (QED) is 0.406. The molecular formula is C11H12O3. The fourth-order valence-electron chi connectivity index (χ4n) is 1.02. The van der Waals surface area contributed by atoms with E-state index >= 15 is 0 Å². The molecule has 1 aromatic rings. The lowest BCUT2D eigenvalue weighted by Crippen LogP contribution is -1.99. The van der Waals surface area contributed by atoms with Crippen LogP contribution in [0.4, 0.5) is 0 Å².